The monoisotopic (exact) mass is 172 g/mol. The molecule has 1 aliphatic heterocycles. The SMILES string of the molecule is CC(C)(O)C(=O)C1CCCOC1. The molecule has 3 nitrogen and oxygen atoms in total. The Labute approximate surface area is 72.7 Å². The molecule has 0 saturated carbocycles. The lowest BCUT2D eigenvalue weighted by Gasteiger charge is -2.26. The molecule has 1 heterocycles. The van der Waals surface area contributed by atoms with Crippen LogP contribution < -0.4 is 0 Å². The minimum Gasteiger partial charge on any atom is -0.383 e. The summed E-state index contributed by atoms with van der Waals surface area (Å²) < 4.78 is 5.17. The minimum absolute atomic E-state index is 0.0952. The fourth-order valence-electron chi connectivity index (χ4n) is 1.45. The van der Waals surface area contributed by atoms with E-state index in [9.17, 15) is 9.90 Å². The fraction of sp³-hybridized carbons (Fsp3) is 0.889. The van der Waals surface area contributed by atoms with Crippen LogP contribution in [0, 0.1) is 5.92 Å². The molecule has 1 N–H and O–H groups in total. The Morgan fingerprint density at radius 1 is 1.58 bits per heavy atom. The molecular formula is C9H16O3. The van der Waals surface area contributed by atoms with Crippen molar-refractivity contribution in [1.82, 2.24) is 0 Å². The molecule has 1 saturated heterocycles. The molecule has 0 aromatic rings. The third kappa shape index (κ3) is 2.29. The van der Waals surface area contributed by atoms with Gasteiger partial charge in [-0.25, -0.2) is 0 Å². The maximum atomic E-state index is 11.5. The average molecular weight is 172 g/mol. The van der Waals surface area contributed by atoms with E-state index in [1.807, 2.05) is 0 Å². The Balaban J connectivity index is 2.51. The maximum Gasteiger partial charge on any atom is 0.169 e. The number of ketones is 1. The lowest BCUT2D eigenvalue weighted by Crippen LogP contribution is -2.40. The van der Waals surface area contributed by atoms with Gasteiger partial charge in [0.05, 0.1) is 6.61 Å². The van der Waals surface area contributed by atoms with Crippen LogP contribution in [-0.2, 0) is 9.53 Å². The molecule has 0 aromatic heterocycles. The lowest BCUT2D eigenvalue weighted by molar-refractivity contribution is -0.142. The summed E-state index contributed by atoms with van der Waals surface area (Å²) in [5.41, 5.74) is -1.20. The van der Waals surface area contributed by atoms with Gasteiger partial charge in [-0.2, -0.15) is 0 Å². The Hall–Kier alpha value is -0.410. The standard InChI is InChI=1S/C9H16O3/c1-9(2,11)8(10)7-4-3-5-12-6-7/h7,11H,3-6H2,1-2H3. The van der Waals surface area contributed by atoms with Crippen molar-refractivity contribution in [2.75, 3.05) is 13.2 Å². The summed E-state index contributed by atoms with van der Waals surface area (Å²) in [6.07, 6.45) is 1.77. The summed E-state index contributed by atoms with van der Waals surface area (Å²) in [7, 11) is 0. The summed E-state index contributed by atoms with van der Waals surface area (Å²) in [6.45, 7) is 4.28. The van der Waals surface area contributed by atoms with Gasteiger partial charge >= 0.3 is 0 Å². The number of rotatable bonds is 2. The van der Waals surface area contributed by atoms with Gasteiger partial charge in [-0.3, -0.25) is 4.79 Å². The summed E-state index contributed by atoms with van der Waals surface area (Å²) >= 11 is 0. The Kier molecular flexibility index (Phi) is 2.85. The van der Waals surface area contributed by atoms with Crippen LogP contribution in [0.5, 0.6) is 0 Å². The average Bonchev–Trinajstić information content (AvgIpc) is 2.03. The van der Waals surface area contributed by atoms with Crippen molar-refractivity contribution in [3.63, 3.8) is 0 Å². The highest BCUT2D eigenvalue weighted by Crippen LogP contribution is 2.20. The highest BCUT2D eigenvalue weighted by Gasteiger charge is 2.32. The Morgan fingerprint density at radius 2 is 2.25 bits per heavy atom. The zero-order chi connectivity index (χ0) is 9.19. The van der Waals surface area contributed by atoms with Gasteiger partial charge in [0.1, 0.15) is 5.60 Å². The number of aliphatic hydroxyl groups is 1. The third-order valence-electron chi connectivity index (χ3n) is 2.13. The first kappa shape index (κ1) is 9.68. The molecule has 1 atom stereocenters. The van der Waals surface area contributed by atoms with Gasteiger partial charge in [-0.05, 0) is 26.7 Å². The van der Waals surface area contributed by atoms with Crippen molar-refractivity contribution in [1.29, 1.82) is 0 Å². The van der Waals surface area contributed by atoms with Gasteiger partial charge in [0.25, 0.3) is 0 Å². The Morgan fingerprint density at radius 3 is 2.67 bits per heavy atom. The molecule has 1 fully saturated rings. The van der Waals surface area contributed by atoms with Gasteiger partial charge in [0.2, 0.25) is 0 Å². The van der Waals surface area contributed by atoms with Crippen LogP contribution in [0.25, 0.3) is 0 Å². The zero-order valence-corrected chi connectivity index (χ0v) is 7.67. The molecule has 1 unspecified atom stereocenters. The summed E-state index contributed by atoms with van der Waals surface area (Å²) in [6, 6.07) is 0. The smallest absolute Gasteiger partial charge is 0.169 e. The second-order valence-electron chi connectivity index (χ2n) is 3.84. The predicted molar refractivity (Wildman–Crippen MR) is 44.8 cm³/mol. The van der Waals surface area contributed by atoms with Crippen molar-refractivity contribution in [3.05, 3.63) is 0 Å². The van der Waals surface area contributed by atoms with Gasteiger partial charge in [0, 0.05) is 12.5 Å². The number of hydrogen-bond donors (Lipinski definition) is 1. The topological polar surface area (TPSA) is 46.5 Å². The van der Waals surface area contributed by atoms with E-state index in [0.717, 1.165) is 19.4 Å². The lowest BCUT2D eigenvalue weighted by atomic mass is 9.88. The van der Waals surface area contributed by atoms with E-state index in [1.54, 1.807) is 0 Å². The van der Waals surface area contributed by atoms with Crippen molar-refractivity contribution in [3.8, 4) is 0 Å². The third-order valence-corrected chi connectivity index (χ3v) is 2.13. The highest BCUT2D eigenvalue weighted by molar-refractivity contribution is 5.88. The zero-order valence-electron chi connectivity index (χ0n) is 7.67. The number of carbonyl (C=O) groups excluding carboxylic acids is 1. The largest absolute Gasteiger partial charge is 0.383 e. The summed E-state index contributed by atoms with van der Waals surface area (Å²) in [4.78, 5) is 11.5. The molecule has 12 heavy (non-hydrogen) atoms. The first-order chi connectivity index (χ1) is 5.52. The summed E-state index contributed by atoms with van der Waals surface area (Å²) in [5, 5.41) is 9.43. The molecule has 0 radical (unpaired) electrons. The molecule has 0 aromatic carbocycles. The molecular weight excluding hydrogens is 156 g/mol. The van der Waals surface area contributed by atoms with E-state index in [-0.39, 0.29) is 11.7 Å². The second kappa shape index (κ2) is 3.54. The molecule has 70 valence electrons. The first-order valence-electron chi connectivity index (χ1n) is 4.36. The Bertz CT molecular complexity index is 163. The summed E-state index contributed by atoms with van der Waals surface area (Å²) in [5.74, 6) is -0.194. The van der Waals surface area contributed by atoms with Crippen LogP contribution in [0.4, 0.5) is 0 Å². The molecule has 0 amide bonds. The van der Waals surface area contributed by atoms with Gasteiger partial charge in [0.15, 0.2) is 5.78 Å². The second-order valence-corrected chi connectivity index (χ2v) is 3.84. The fourth-order valence-corrected chi connectivity index (χ4v) is 1.45. The van der Waals surface area contributed by atoms with E-state index in [4.69, 9.17) is 4.74 Å². The van der Waals surface area contributed by atoms with E-state index in [1.165, 1.54) is 13.8 Å². The van der Waals surface area contributed by atoms with E-state index < -0.39 is 5.60 Å². The normalized spacial score (nSPS) is 25.4. The van der Waals surface area contributed by atoms with Gasteiger partial charge < -0.3 is 9.84 Å². The van der Waals surface area contributed by atoms with Crippen molar-refractivity contribution in [2.45, 2.75) is 32.3 Å². The van der Waals surface area contributed by atoms with Crippen LogP contribution in [-0.4, -0.2) is 29.7 Å². The van der Waals surface area contributed by atoms with E-state index in [2.05, 4.69) is 0 Å². The number of hydrogen-bond acceptors (Lipinski definition) is 3. The predicted octanol–water partition coefficient (Wildman–Crippen LogP) is 0.753. The van der Waals surface area contributed by atoms with Crippen molar-refractivity contribution < 1.29 is 14.6 Å². The maximum absolute atomic E-state index is 11.5. The van der Waals surface area contributed by atoms with Crippen molar-refractivity contribution in [2.24, 2.45) is 5.92 Å². The van der Waals surface area contributed by atoms with Crippen LogP contribution >= 0.6 is 0 Å². The van der Waals surface area contributed by atoms with Crippen LogP contribution in [0.2, 0.25) is 0 Å². The molecule has 3 heteroatoms. The molecule has 0 spiro atoms. The number of carbonyl (C=O) groups is 1. The molecule has 1 aliphatic rings. The highest BCUT2D eigenvalue weighted by atomic mass is 16.5. The number of ether oxygens (including phenoxy) is 1. The van der Waals surface area contributed by atoms with Gasteiger partial charge in [-0.1, -0.05) is 0 Å². The van der Waals surface area contributed by atoms with E-state index >= 15 is 0 Å². The van der Waals surface area contributed by atoms with Crippen molar-refractivity contribution >= 4 is 5.78 Å². The molecule has 1 rings (SSSR count). The van der Waals surface area contributed by atoms with E-state index in [0.29, 0.717) is 6.61 Å². The minimum atomic E-state index is -1.20. The molecule has 0 aliphatic carbocycles. The number of Topliss-reactive ketones (excluding diaryl/α,β-unsaturated/α-hetero) is 1. The molecule has 0 bridgehead atoms. The van der Waals surface area contributed by atoms with Gasteiger partial charge in [-0.15, -0.1) is 0 Å². The van der Waals surface area contributed by atoms with Crippen LogP contribution in [0.1, 0.15) is 26.7 Å². The van der Waals surface area contributed by atoms with Crippen LogP contribution in [0.3, 0.4) is 0 Å². The quantitative estimate of drug-likeness (QED) is 0.668. The van der Waals surface area contributed by atoms with Crippen LogP contribution in [0.15, 0.2) is 0 Å². The first-order valence-corrected chi connectivity index (χ1v) is 4.36.